The van der Waals surface area contributed by atoms with Crippen LogP contribution < -0.4 is 15.5 Å². The Hall–Kier alpha value is -1.69. The van der Waals surface area contributed by atoms with Crippen LogP contribution in [0, 0.1) is 23.5 Å². The maximum Gasteiger partial charge on any atom is 0.220 e. The van der Waals surface area contributed by atoms with Gasteiger partial charge in [-0.1, -0.05) is 13.0 Å². The third-order valence-corrected chi connectivity index (χ3v) is 5.45. The van der Waals surface area contributed by atoms with Crippen molar-refractivity contribution in [2.75, 3.05) is 31.1 Å². The van der Waals surface area contributed by atoms with E-state index in [1.165, 1.54) is 31.0 Å². The first-order valence-electron chi connectivity index (χ1n) is 9.23. The summed E-state index contributed by atoms with van der Waals surface area (Å²) < 4.78 is 27.8. The van der Waals surface area contributed by atoms with Crippen LogP contribution in [0.5, 0.6) is 0 Å². The molecule has 3 rings (SSSR count). The quantitative estimate of drug-likeness (QED) is 0.857. The van der Waals surface area contributed by atoms with Crippen molar-refractivity contribution >= 4 is 11.6 Å². The molecule has 0 aliphatic carbocycles. The van der Waals surface area contributed by atoms with E-state index in [9.17, 15) is 13.6 Å². The first kappa shape index (κ1) is 18.1. The first-order valence-corrected chi connectivity index (χ1v) is 9.23. The Balaban J connectivity index is 1.50. The molecule has 0 bridgehead atoms. The Morgan fingerprint density at radius 3 is 2.80 bits per heavy atom. The van der Waals surface area contributed by atoms with Crippen molar-refractivity contribution in [1.82, 2.24) is 10.6 Å². The predicted octanol–water partition coefficient (Wildman–Crippen LogP) is 2.69. The van der Waals surface area contributed by atoms with Gasteiger partial charge in [0.2, 0.25) is 5.91 Å². The van der Waals surface area contributed by atoms with E-state index in [1.807, 2.05) is 0 Å². The van der Waals surface area contributed by atoms with E-state index in [0.717, 1.165) is 13.1 Å². The number of rotatable bonds is 5. The SMILES string of the molecule is CC(CC(=O)NC1CCN(c2c(F)cccc2F)C1)C1CCCNC1. The topological polar surface area (TPSA) is 44.4 Å². The van der Waals surface area contributed by atoms with Gasteiger partial charge in [0.25, 0.3) is 0 Å². The van der Waals surface area contributed by atoms with Gasteiger partial charge in [0.05, 0.1) is 0 Å². The molecule has 2 aliphatic rings. The third-order valence-electron chi connectivity index (χ3n) is 5.45. The molecule has 0 saturated carbocycles. The third kappa shape index (κ3) is 4.48. The van der Waals surface area contributed by atoms with Crippen molar-refractivity contribution in [2.45, 2.75) is 38.6 Å². The highest BCUT2D eigenvalue weighted by Crippen LogP contribution is 2.27. The molecule has 0 aromatic heterocycles. The second kappa shape index (κ2) is 8.13. The molecule has 0 radical (unpaired) electrons. The van der Waals surface area contributed by atoms with Gasteiger partial charge in [0.15, 0.2) is 0 Å². The molecule has 4 nitrogen and oxygen atoms in total. The Labute approximate surface area is 148 Å². The molecule has 3 unspecified atom stereocenters. The number of hydrogen-bond donors (Lipinski definition) is 2. The molecule has 2 aliphatic heterocycles. The lowest BCUT2D eigenvalue weighted by molar-refractivity contribution is -0.122. The van der Waals surface area contributed by atoms with Crippen molar-refractivity contribution in [3.63, 3.8) is 0 Å². The van der Waals surface area contributed by atoms with E-state index < -0.39 is 11.6 Å². The van der Waals surface area contributed by atoms with Crippen LogP contribution in [-0.2, 0) is 4.79 Å². The van der Waals surface area contributed by atoms with Crippen LogP contribution in [0.3, 0.4) is 0 Å². The number of hydrogen-bond acceptors (Lipinski definition) is 3. The molecule has 0 spiro atoms. The number of halogens is 2. The summed E-state index contributed by atoms with van der Waals surface area (Å²) in [5.74, 6) is -0.170. The monoisotopic (exact) mass is 351 g/mol. The number of anilines is 1. The first-order chi connectivity index (χ1) is 12.0. The number of carbonyl (C=O) groups excluding carboxylic acids is 1. The number of piperidine rings is 1. The normalized spacial score (nSPS) is 25.0. The van der Waals surface area contributed by atoms with Gasteiger partial charge in [-0.25, -0.2) is 8.78 Å². The summed E-state index contributed by atoms with van der Waals surface area (Å²) in [5.41, 5.74) is 0.0147. The fourth-order valence-corrected chi connectivity index (χ4v) is 3.98. The molecule has 1 aromatic carbocycles. The zero-order valence-electron chi connectivity index (χ0n) is 14.7. The van der Waals surface area contributed by atoms with Crippen molar-refractivity contribution in [3.8, 4) is 0 Å². The van der Waals surface area contributed by atoms with Gasteiger partial charge >= 0.3 is 0 Å². The number of nitrogens with one attached hydrogen (secondary N) is 2. The maximum absolute atomic E-state index is 13.9. The lowest BCUT2D eigenvalue weighted by Crippen LogP contribution is -2.40. The molecule has 2 saturated heterocycles. The molecule has 2 heterocycles. The Morgan fingerprint density at radius 2 is 2.12 bits per heavy atom. The Bertz CT molecular complexity index is 584. The molecular formula is C19H27F2N3O. The summed E-state index contributed by atoms with van der Waals surface area (Å²) in [7, 11) is 0. The fourth-order valence-electron chi connectivity index (χ4n) is 3.98. The van der Waals surface area contributed by atoms with Crippen LogP contribution in [0.15, 0.2) is 18.2 Å². The van der Waals surface area contributed by atoms with Crippen molar-refractivity contribution in [1.29, 1.82) is 0 Å². The molecule has 1 amide bonds. The number of benzene rings is 1. The van der Waals surface area contributed by atoms with E-state index >= 15 is 0 Å². The summed E-state index contributed by atoms with van der Waals surface area (Å²) in [4.78, 5) is 14.0. The molecular weight excluding hydrogens is 324 g/mol. The standard InChI is InChI=1S/C19H27F2N3O/c1-13(14-4-3-8-22-11-14)10-18(25)23-15-7-9-24(12-15)19-16(20)5-2-6-17(19)21/h2,5-6,13-15,22H,3-4,7-12H2,1H3,(H,23,25). The summed E-state index contributed by atoms with van der Waals surface area (Å²) in [6, 6.07) is 3.85. The van der Waals surface area contributed by atoms with Gasteiger partial charge in [-0.15, -0.1) is 0 Å². The highest BCUT2D eigenvalue weighted by Gasteiger charge is 2.29. The molecule has 2 N–H and O–H groups in total. The lowest BCUT2D eigenvalue weighted by Gasteiger charge is -2.28. The Kier molecular flexibility index (Phi) is 5.89. The smallest absolute Gasteiger partial charge is 0.220 e. The van der Waals surface area contributed by atoms with Gasteiger partial charge in [-0.3, -0.25) is 4.79 Å². The highest BCUT2D eigenvalue weighted by atomic mass is 19.1. The van der Waals surface area contributed by atoms with E-state index in [1.54, 1.807) is 4.90 Å². The molecule has 2 fully saturated rings. The van der Waals surface area contributed by atoms with E-state index in [4.69, 9.17) is 0 Å². The fraction of sp³-hybridized carbons (Fsp3) is 0.632. The second-order valence-corrected chi connectivity index (χ2v) is 7.36. The number of amides is 1. The van der Waals surface area contributed by atoms with E-state index in [-0.39, 0.29) is 17.6 Å². The van der Waals surface area contributed by atoms with Gasteiger partial charge in [0, 0.05) is 25.6 Å². The van der Waals surface area contributed by atoms with Gasteiger partial charge in [0.1, 0.15) is 17.3 Å². The van der Waals surface area contributed by atoms with E-state index in [0.29, 0.717) is 37.8 Å². The van der Waals surface area contributed by atoms with Gasteiger partial charge in [-0.2, -0.15) is 0 Å². The zero-order chi connectivity index (χ0) is 17.8. The van der Waals surface area contributed by atoms with Crippen molar-refractivity contribution in [2.24, 2.45) is 11.8 Å². The highest BCUT2D eigenvalue weighted by molar-refractivity contribution is 5.76. The molecule has 1 aromatic rings. The predicted molar refractivity (Wildman–Crippen MR) is 94.5 cm³/mol. The number of nitrogens with zero attached hydrogens (tertiary/aromatic N) is 1. The van der Waals surface area contributed by atoms with E-state index in [2.05, 4.69) is 17.6 Å². The molecule has 3 atom stereocenters. The Morgan fingerprint density at radius 1 is 1.36 bits per heavy atom. The maximum atomic E-state index is 13.9. The average molecular weight is 351 g/mol. The minimum atomic E-state index is -0.551. The molecule has 25 heavy (non-hydrogen) atoms. The lowest BCUT2D eigenvalue weighted by atomic mass is 9.85. The van der Waals surface area contributed by atoms with Crippen LogP contribution in [0.25, 0.3) is 0 Å². The number of carbonyl (C=O) groups is 1. The van der Waals surface area contributed by atoms with Crippen molar-refractivity contribution in [3.05, 3.63) is 29.8 Å². The minimum absolute atomic E-state index is 0.0147. The largest absolute Gasteiger partial charge is 0.365 e. The minimum Gasteiger partial charge on any atom is -0.365 e. The van der Waals surface area contributed by atoms with Gasteiger partial charge in [-0.05, 0) is 56.3 Å². The van der Waals surface area contributed by atoms with Crippen LogP contribution in [0.1, 0.15) is 32.6 Å². The van der Waals surface area contributed by atoms with Crippen LogP contribution >= 0.6 is 0 Å². The van der Waals surface area contributed by atoms with Crippen LogP contribution in [0.2, 0.25) is 0 Å². The van der Waals surface area contributed by atoms with Crippen LogP contribution in [-0.4, -0.2) is 38.1 Å². The average Bonchev–Trinajstić information content (AvgIpc) is 3.03. The second-order valence-electron chi connectivity index (χ2n) is 7.36. The van der Waals surface area contributed by atoms with Crippen LogP contribution in [0.4, 0.5) is 14.5 Å². The summed E-state index contributed by atoms with van der Waals surface area (Å²) in [6.07, 6.45) is 3.56. The van der Waals surface area contributed by atoms with Crippen molar-refractivity contribution < 1.29 is 13.6 Å². The number of para-hydroxylation sites is 1. The van der Waals surface area contributed by atoms with Gasteiger partial charge < -0.3 is 15.5 Å². The zero-order valence-corrected chi connectivity index (χ0v) is 14.7. The summed E-state index contributed by atoms with van der Waals surface area (Å²) >= 11 is 0. The molecule has 138 valence electrons. The molecule has 6 heteroatoms. The summed E-state index contributed by atoms with van der Waals surface area (Å²) in [5, 5.41) is 6.43. The summed E-state index contributed by atoms with van der Waals surface area (Å²) in [6.45, 7) is 5.18.